The third kappa shape index (κ3) is 2.64. The van der Waals surface area contributed by atoms with Crippen molar-refractivity contribution >= 4 is 0 Å². The minimum absolute atomic E-state index is 0.653. The molecule has 4 nitrogen and oxygen atoms in total. The summed E-state index contributed by atoms with van der Waals surface area (Å²) in [5.74, 6) is 0.954. The fraction of sp³-hybridized carbons (Fsp3) is 0.824. The minimum Gasteiger partial charge on any atom is -0.328 e. The molecule has 1 saturated carbocycles. The van der Waals surface area contributed by atoms with Crippen LogP contribution < -0.4 is 0 Å². The van der Waals surface area contributed by atoms with Crippen LogP contribution in [0.4, 0.5) is 0 Å². The fourth-order valence-electron chi connectivity index (χ4n) is 4.78. The molecular weight excluding hydrogens is 260 g/mol. The SMILES string of the molecule is C[N+]1(C)CCC(CN2CC3(CC(n4cccn4)C3)C2)CC1. The zero-order valence-corrected chi connectivity index (χ0v) is 13.5. The van der Waals surface area contributed by atoms with Gasteiger partial charge in [0.15, 0.2) is 0 Å². The van der Waals surface area contributed by atoms with Crippen LogP contribution in [-0.4, -0.2) is 66.0 Å². The van der Waals surface area contributed by atoms with Gasteiger partial charge >= 0.3 is 0 Å². The highest BCUT2D eigenvalue weighted by atomic mass is 15.3. The molecular formula is C17H29N4+. The van der Waals surface area contributed by atoms with Gasteiger partial charge in [0.05, 0.1) is 33.2 Å². The first-order valence-corrected chi connectivity index (χ1v) is 8.57. The summed E-state index contributed by atoms with van der Waals surface area (Å²) in [6, 6.07) is 2.72. The van der Waals surface area contributed by atoms with Crippen LogP contribution in [0.25, 0.3) is 0 Å². The Hall–Kier alpha value is -0.870. The first-order valence-electron chi connectivity index (χ1n) is 8.57. The Balaban J connectivity index is 1.21. The van der Waals surface area contributed by atoms with E-state index in [1.807, 2.05) is 12.3 Å². The highest BCUT2D eigenvalue weighted by molar-refractivity contribution is 5.06. The average Bonchev–Trinajstić information content (AvgIpc) is 2.86. The van der Waals surface area contributed by atoms with Crippen LogP contribution in [0, 0.1) is 11.3 Å². The molecule has 1 aromatic heterocycles. The molecule has 3 aliphatic rings. The Morgan fingerprint density at radius 1 is 1.19 bits per heavy atom. The summed E-state index contributed by atoms with van der Waals surface area (Å²) >= 11 is 0. The molecule has 0 atom stereocenters. The maximum atomic E-state index is 4.39. The van der Waals surface area contributed by atoms with Crippen molar-refractivity contribution in [1.29, 1.82) is 0 Å². The molecule has 0 aromatic carbocycles. The van der Waals surface area contributed by atoms with Gasteiger partial charge in [0.1, 0.15) is 0 Å². The lowest BCUT2D eigenvalue weighted by molar-refractivity contribution is -0.896. The average molecular weight is 289 g/mol. The van der Waals surface area contributed by atoms with Gasteiger partial charge in [-0.2, -0.15) is 5.10 Å². The summed E-state index contributed by atoms with van der Waals surface area (Å²) in [7, 11) is 4.75. The van der Waals surface area contributed by atoms with Crippen LogP contribution >= 0.6 is 0 Å². The van der Waals surface area contributed by atoms with Crippen LogP contribution in [-0.2, 0) is 0 Å². The zero-order chi connectivity index (χ0) is 14.5. The van der Waals surface area contributed by atoms with E-state index in [2.05, 4.69) is 35.0 Å². The second-order valence-corrected chi connectivity index (χ2v) is 8.54. The highest BCUT2D eigenvalue weighted by Gasteiger charge is 2.53. The molecule has 1 aromatic rings. The first kappa shape index (κ1) is 13.8. The third-order valence-corrected chi connectivity index (χ3v) is 6.16. The van der Waals surface area contributed by atoms with Crippen molar-refractivity contribution < 1.29 is 4.48 Å². The lowest BCUT2D eigenvalue weighted by Gasteiger charge is -2.59. The molecule has 4 rings (SSSR count). The summed E-state index contributed by atoms with van der Waals surface area (Å²) < 4.78 is 3.39. The third-order valence-electron chi connectivity index (χ3n) is 6.16. The molecule has 4 heteroatoms. The summed E-state index contributed by atoms with van der Waals surface area (Å²) in [6.07, 6.45) is 9.56. The minimum atomic E-state index is 0.653. The van der Waals surface area contributed by atoms with Crippen molar-refractivity contribution in [2.45, 2.75) is 31.7 Å². The predicted molar refractivity (Wildman–Crippen MR) is 83.9 cm³/mol. The Kier molecular flexibility index (Phi) is 3.16. The maximum Gasteiger partial charge on any atom is 0.0785 e. The summed E-state index contributed by atoms with van der Waals surface area (Å²) in [5.41, 5.74) is 0.653. The van der Waals surface area contributed by atoms with E-state index in [4.69, 9.17) is 0 Å². The van der Waals surface area contributed by atoms with Crippen LogP contribution in [0.5, 0.6) is 0 Å². The molecule has 3 heterocycles. The van der Waals surface area contributed by atoms with Crippen molar-refractivity contribution in [2.75, 3.05) is 46.8 Å². The molecule has 0 unspecified atom stereocenters. The Morgan fingerprint density at radius 2 is 1.90 bits per heavy atom. The van der Waals surface area contributed by atoms with Crippen molar-refractivity contribution in [3.63, 3.8) is 0 Å². The standard InChI is InChI=1S/C17H29N4/c1-21(2)8-4-15(5-9-21)12-19-13-17(14-19)10-16(11-17)20-7-3-6-18-20/h3,6-7,15-16H,4-5,8-14H2,1-2H3/q+1. The van der Waals surface area contributed by atoms with Gasteiger partial charge in [0.25, 0.3) is 0 Å². The summed E-state index contributed by atoms with van der Waals surface area (Å²) in [6.45, 7) is 6.78. The quantitative estimate of drug-likeness (QED) is 0.794. The van der Waals surface area contributed by atoms with E-state index in [1.165, 1.54) is 62.9 Å². The molecule has 2 saturated heterocycles. The number of hydrogen-bond donors (Lipinski definition) is 0. The van der Waals surface area contributed by atoms with Crippen molar-refractivity contribution in [3.05, 3.63) is 18.5 Å². The van der Waals surface area contributed by atoms with Crippen molar-refractivity contribution in [3.8, 4) is 0 Å². The van der Waals surface area contributed by atoms with E-state index < -0.39 is 0 Å². The van der Waals surface area contributed by atoms with E-state index in [-0.39, 0.29) is 0 Å². The molecule has 116 valence electrons. The molecule has 2 aliphatic heterocycles. The summed E-state index contributed by atoms with van der Waals surface area (Å²) in [5, 5.41) is 4.39. The van der Waals surface area contributed by atoms with Crippen molar-refractivity contribution in [2.24, 2.45) is 11.3 Å². The molecule has 0 bridgehead atoms. The topological polar surface area (TPSA) is 21.1 Å². The van der Waals surface area contributed by atoms with E-state index in [0.717, 1.165) is 5.92 Å². The molecule has 1 spiro atoms. The van der Waals surface area contributed by atoms with Gasteiger partial charge in [-0.05, 0) is 30.2 Å². The largest absolute Gasteiger partial charge is 0.328 e. The number of hydrogen-bond acceptors (Lipinski definition) is 2. The first-order chi connectivity index (χ1) is 10.0. The van der Waals surface area contributed by atoms with Gasteiger partial charge in [-0.3, -0.25) is 4.68 Å². The monoisotopic (exact) mass is 289 g/mol. The van der Waals surface area contributed by atoms with Crippen molar-refractivity contribution in [1.82, 2.24) is 14.7 Å². The fourth-order valence-corrected chi connectivity index (χ4v) is 4.78. The van der Waals surface area contributed by atoms with Crippen LogP contribution in [0.2, 0.25) is 0 Å². The van der Waals surface area contributed by atoms with Gasteiger partial charge < -0.3 is 9.38 Å². The van der Waals surface area contributed by atoms with Gasteiger partial charge in [0.2, 0.25) is 0 Å². The second-order valence-electron chi connectivity index (χ2n) is 8.54. The molecule has 0 N–H and O–H groups in total. The summed E-state index contributed by atoms with van der Waals surface area (Å²) in [4.78, 5) is 2.72. The van der Waals surface area contributed by atoms with Gasteiger partial charge in [-0.15, -0.1) is 0 Å². The second kappa shape index (κ2) is 4.82. The molecule has 0 radical (unpaired) electrons. The van der Waals surface area contributed by atoms with Crippen LogP contribution in [0.15, 0.2) is 18.5 Å². The van der Waals surface area contributed by atoms with E-state index in [9.17, 15) is 0 Å². The number of nitrogens with zero attached hydrogens (tertiary/aromatic N) is 4. The maximum absolute atomic E-state index is 4.39. The Morgan fingerprint density at radius 3 is 2.52 bits per heavy atom. The van der Waals surface area contributed by atoms with Gasteiger partial charge in [0, 0.05) is 44.9 Å². The normalized spacial score (nSPS) is 29.2. The number of piperidine rings is 1. The molecule has 3 fully saturated rings. The molecule has 21 heavy (non-hydrogen) atoms. The van der Waals surface area contributed by atoms with Crippen LogP contribution in [0.1, 0.15) is 31.7 Å². The predicted octanol–water partition coefficient (Wildman–Crippen LogP) is 2.01. The lowest BCUT2D eigenvalue weighted by atomic mass is 9.60. The molecule has 0 amide bonds. The van der Waals surface area contributed by atoms with Crippen LogP contribution in [0.3, 0.4) is 0 Å². The number of rotatable bonds is 3. The zero-order valence-electron chi connectivity index (χ0n) is 13.5. The smallest absolute Gasteiger partial charge is 0.0785 e. The lowest BCUT2D eigenvalue weighted by Crippen LogP contribution is -2.63. The van der Waals surface area contributed by atoms with E-state index >= 15 is 0 Å². The number of aromatic nitrogens is 2. The van der Waals surface area contributed by atoms with Gasteiger partial charge in [-0.25, -0.2) is 0 Å². The Labute approximate surface area is 128 Å². The number of quaternary nitrogens is 1. The van der Waals surface area contributed by atoms with Gasteiger partial charge in [-0.1, -0.05) is 0 Å². The van der Waals surface area contributed by atoms with E-state index in [0.29, 0.717) is 11.5 Å². The highest BCUT2D eigenvalue weighted by Crippen LogP contribution is 2.54. The number of likely N-dealkylation sites (tertiary alicyclic amines) is 2. The molecule has 1 aliphatic carbocycles. The van der Waals surface area contributed by atoms with E-state index in [1.54, 1.807) is 0 Å². The Bertz CT molecular complexity index is 469.